The molecular formula is C15H19N3O2. The SMILES string of the molecule is C=CCNC(=O)N1C[C@@H]2C[C@H](C1)c1cccc(=O)n1C2. The number of fused-ring (bicyclic) bond motifs is 4. The van der Waals surface area contributed by atoms with Crippen molar-refractivity contribution < 1.29 is 4.79 Å². The fourth-order valence-electron chi connectivity index (χ4n) is 3.33. The lowest BCUT2D eigenvalue weighted by atomic mass is 9.83. The highest BCUT2D eigenvalue weighted by molar-refractivity contribution is 5.74. The molecule has 3 rings (SSSR count). The molecule has 0 aliphatic carbocycles. The van der Waals surface area contributed by atoms with Crippen LogP contribution >= 0.6 is 0 Å². The zero-order valence-electron chi connectivity index (χ0n) is 11.4. The molecule has 0 spiro atoms. The van der Waals surface area contributed by atoms with Crippen molar-refractivity contribution in [3.8, 4) is 0 Å². The molecule has 1 aromatic heterocycles. The standard InChI is InChI=1S/C15H19N3O2/c1-2-6-16-15(20)17-8-11-7-12(10-17)13-4-3-5-14(19)18(13)9-11/h2-5,11-12H,1,6-10H2,(H,16,20)/t11-,12+/m0/s1. The molecule has 2 bridgehead atoms. The third-order valence-electron chi connectivity index (χ3n) is 4.16. The second-order valence-corrected chi connectivity index (χ2v) is 5.58. The van der Waals surface area contributed by atoms with Gasteiger partial charge in [-0.2, -0.15) is 0 Å². The normalized spacial score (nSPS) is 23.9. The smallest absolute Gasteiger partial charge is 0.317 e. The van der Waals surface area contributed by atoms with Crippen LogP contribution in [0.3, 0.4) is 0 Å². The molecule has 0 unspecified atom stereocenters. The minimum absolute atomic E-state index is 0.0358. The van der Waals surface area contributed by atoms with Gasteiger partial charge < -0.3 is 14.8 Å². The molecule has 20 heavy (non-hydrogen) atoms. The molecule has 1 saturated heterocycles. The van der Waals surface area contributed by atoms with Crippen LogP contribution in [0.15, 0.2) is 35.6 Å². The number of likely N-dealkylation sites (tertiary alicyclic amines) is 1. The van der Waals surface area contributed by atoms with Gasteiger partial charge in [-0.25, -0.2) is 4.79 Å². The summed E-state index contributed by atoms with van der Waals surface area (Å²) in [7, 11) is 0. The minimum atomic E-state index is -0.0358. The average Bonchev–Trinajstić information content (AvgIpc) is 2.46. The van der Waals surface area contributed by atoms with Gasteiger partial charge in [0, 0.05) is 43.9 Å². The topological polar surface area (TPSA) is 54.3 Å². The Morgan fingerprint density at radius 1 is 1.40 bits per heavy atom. The van der Waals surface area contributed by atoms with Gasteiger partial charge >= 0.3 is 6.03 Å². The van der Waals surface area contributed by atoms with E-state index in [1.165, 1.54) is 0 Å². The summed E-state index contributed by atoms with van der Waals surface area (Å²) in [6, 6.07) is 5.39. The van der Waals surface area contributed by atoms with Crippen molar-refractivity contribution in [1.82, 2.24) is 14.8 Å². The number of pyridine rings is 1. The Hall–Kier alpha value is -2.04. The van der Waals surface area contributed by atoms with Crippen molar-refractivity contribution in [2.24, 2.45) is 5.92 Å². The third-order valence-corrected chi connectivity index (χ3v) is 4.16. The van der Waals surface area contributed by atoms with E-state index >= 15 is 0 Å². The fraction of sp³-hybridized carbons (Fsp3) is 0.467. The molecule has 1 fully saturated rings. The predicted molar refractivity (Wildman–Crippen MR) is 76.7 cm³/mol. The van der Waals surface area contributed by atoms with Crippen LogP contribution in [0.1, 0.15) is 18.0 Å². The molecule has 5 nitrogen and oxygen atoms in total. The van der Waals surface area contributed by atoms with Gasteiger partial charge in [0.1, 0.15) is 0 Å². The Balaban J connectivity index is 1.82. The maximum Gasteiger partial charge on any atom is 0.317 e. The van der Waals surface area contributed by atoms with E-state index in [4.69, 9.17) is 0 Å². The Morgan fingerprint density at radius 3 is 3.05 bits per heavy atom. The van der Waals surface area contributed by atoms with Gasteiger partial charge in [-0.3, -0.25) is 4.79 Å². The van der Waals surface area contributed by atoms with Gasteiger partial charge in [-0.05, 0) is 18.4 Å². The number of urea groups is 1. The largest absolute Gasteiger partial charge is 0.335 e. The van der Waals surface area contributed by atoms with E-state index in [2.05, 4.69) is 11.9 Å². The molecule has 0 saturated carbocycles. The molecule has 2 aliphatic heterocycles. The Bertz CT molecular complexity index is 593. The molecule has 106 valence electrons. The Kier molecular flexibility index (Phi) is 3.34. The van der Waals surface area contributed by atoms with Crippen LogP contribution < -0.4 is 10.9 Å². The highest BCUT2D eigenvalue weighted by Crippen LogP contribution is 2.34. The minimum Gasteiger partial charge on any atom is -0.335 e. The number of amides is 2. The number of hydrogen-bond acceptors (Lipinski definition) is 2. The van der Waals surface area contributed by atoms with Crippen LogP contribution in [0.2, 0.25) is 0 Å². The number of piperidine rings is 1. The maximum absolute atomic E-state index is 12.1. The number of nitrogens with zero attached hydrogens (tertiary/aromatic N) is 2. The summed E-state index contributed by atoms with van der Waals surface area (Å²) < 4.78 is 1.87. The Labute approximate surface area is 117 Å². The van der Waals surface area contributed by atoms with Crippen molar-refractivity contribution in [3.05, 3.63) is 46.9 Å². The zero-order valence-corrected chi connectivity index (χ0v) is 11.4. The first-order valence-electron chi connectivity index (χ1n) is 7.02. The van der Waals surface area contributed by atoms with Gasteiger partial charge in [0.2, 0.25) is 0 Å². The summed E-state index contributed by atoms with van der Waals surface area (Å²) in [6.07, 6.45) is 2.74. The molecule has 3 heterocycles. The van der Waals surface area contributed by atoms with Crippen LogP contribution in [0.4, 0.5) is 4.79 Å². The van der Waals surface area contributed by atoms with Crippen molar-refractivity contribution in [3.63, 3.8) is 0 Å². The molecule has 1 aromatic rings. The highest BCUT2D eigenvalue weighted by Gasteiger charge is 2.35. The van der Waals surface area contributed by atoms with E-state index in [0.717, 1.165) is 25.2 Å². The van der Waals surface area contributed by atoms with Gasteiger partial charge in [0.05, 0.1) is 0 Å². The van der Waals surface area contributed by atoms with Crippen molar-refractivity contribution in [1.29, 1.82) is 0 Å². The van der Waals surface area contributed by atoms with E-state index in [1.807, 2.05) is 21.6 Å². The second kappa shape index (κ2) is 5.15. The fourth-order valence-corrected chi connectivity index (χ4v) is 3.33. The summed E-state index contributed by atoms with van der Waals surface area (Å²) in [6.45, 7) is 6.21. The van der Waals surface area contributed by atoms with Crippen LogP contribution in [0.25, 0.3) is 0 Å². The van der Waals surface area contributed by atoms with E-state index in [9.17, 15) is 9.59 Å². The van der Waals surface area contributed by atoms with Gasteiger partial charge in [-0.15, -0.1) is 6.58 Å². The average molecular weight is 273 g/mol. The molecular weight excluding hydrogens is 254 g/mol. The van der Waals surface area contributed by atoms with Crippen molar-refractivity contribution in [2.75, 3.05) is 19.6 Å². The van der Waals surface area contributed by atoms with Gasteiger partial charge in [0.15, 0.2) is 0 Å². The predicted octanol–water partition coefficient (Wildman–Crippen LogP) is 1.16. The lowest BCUT2D eigenvalue weighted by Crippen LogP contribution is -2.51. The van der Waals surface area contributed by atoms with E-state index in [1.54, 1.807) is 12.1 Å². The van der Waals surface area contributed by atoms with Gasteiger partial charge in [0.25, 0.3) is 5.56 Å². The Morgan fingerprint density at radius 2 is 2.25 bits per heavy atom. The number of carbonyl (C=O) groups excluding carboxylic acids is 1. The van der Waals surface area contributed by atoms with E-state index in [0.29, 0.717) is 19.0 Å². The lowest BCUT2D eigenvalue weighted by molar-refractivity contribution is 0.132. The summed E-state index contributed by atoms with van der Waals surface area (Å²) in [5.74, 6) is 0.640. The molecule has 1 N–H and O–H groups in total. The highest BCUT2D eigenvalue weighted by atomic mass is 16.2. The summed E-state index contributed by atoms with van der Waals surface area (Å²) in [5, 5.41) is 2.83. The first-order valence-corrected chi connectivity index (χ1v) is 7.02. The lowest BCUT2D eigenvalue weighted by Gasteiger charge is -2.42. The molecule has 0 aromatic carbocycles. The van der Waals surface area contributed by atoms with Crippen molar-refractivity contribution in [2.45, 2.75) is 18.9 Å². The maximum atomic E-state index is 12.1. The number of hydrogen-bond donors (Lipinski definition) is 1. The van der Waals surface area contributed by atoms with Gasteiger partial charge in [-0.1, -0.05) is 12.1 Å². The molecule has 2 atom stereocenters. The summed E-state index contributed by atoms with van der Waals surface area (Å²) in [4.78, 5) is 25.8. The van der Waals surface area contributed by atoms with Crippen LogP contribution in [-0.2, 0) is 6.54 Å². The molecule has 0 radical (unpaired) electrons. The number of rotatable bonds is 2. The first-order chi connectivity index (χ1) is 9.69. The van der Waals surface area contributed by atoms with Crippen molar-refractivity contribution >= 4 is 6.03 Å². The monoisotopic (exact) mass is 273 g/mol. The summed E-state index contributed by atoms with van der Waals surface area (Å²) >= 11 is 0. The molecule has 5 heteroatoms. The number of aromatic nitrogens is 1. The quantitative estimate of drug-likeness (QED) is 0.822. The second-order valence-electron chi connectivity index (χ2n) is 5.58. The number of nitrogens with one attached hydrogen (secondary N) is 1. The van der Waals surface area contributed by atoms with E-state index in [-0.39, 0.29) is 17.5 Å². The van der Waals surface area contributed by atoms with Crippen LogP contribution in [-0.4, -0.2) is 35.1 Å². The molecule has 2 amide bonds. The van der Waals surface area contributed by atoms with Crippen LogP contribution in [0, 0.1) is 5.92 Å². The van der Waals surface area contributed by atoms with Crippen LogP contribution in [0.5, 0.6) is 0 Å². The number of carbonyl (C=O) groups is 1. The first kappa shape index (κ1) is 13.0. The summed E-state index contributed by atoms with van der Waals surface area (Å²) in [5.41, 5.74) is 1.14. The zero-order chi connectivity index (χ0) is 14.1. The van der Waals surface area contributed by atoms with E-state index < -0.39 is 0 Å². The molecule has 2 aliphatic rings. The third kappa shape index (κ3) is 2.24.